The number of benzene rings is 1. The molecule has 5 heterocycles. The number of hydrogen-bond donors (Lipinski definition) is 1. The lowest BCUT2D eigenvalue weighted by atomic mass is 10.1. The van der Waals surface area contributed by atoms with Crippen LogP contribution in [0.25, 0.3) is 32.8 Å². The molecule has 1 aromatic carbocycles. The molecule has 0 aliphatic rings. The average Bonchev–Trinajstić information content (AvgIpc) is 3.51. The van der Waals surface area contributed by atoms with E-state index in [0.717, 1.165) is 38.6 Å². The predicted molar refractivity (Wildman–Crippen MR) is 117 cm³/mol. The Morgan fingerprint density at radius 1 is 0.968 bits per heavy atom. The van der Waals surface area contributed by atoms with Gasteiger partial charge in [-0.05, 0) is 29.8 Å². The second-order valence-corrected chi connectivity index (χ2v) is 7.55. The Kier molecular flexibility index (Phi) is 3.76. The number of rotatable bonds is 4. The van der Waals surface area contributed by atoms with E-state index in [1.54, 1.807) is 18.6 Å². The third kappa shape index (κ3) is 2.74. The molecule has 152 valence electrons. The molecule has 31 heavy (non-hydrogen) atoms. The maximum absolute atomic E-state index is 13.4. The second kappa shape index (κ2) is 6.63. The number of nitrogens with zero attached hydrogens (tertiary/aromatic N) is 7. The van der Waals surface area contributed by atoms with Crippen molar-refractivity contribution >= 4 is 32.8 Å². The Hall–Kier alpha value is -4.27. The number of aromatic nitrogens is 8. The molecule has 9 nitrogen and oxygen atoms in total. The highest BCUT2D eigenvalue weighted by molar-refractivity contribution is 6.05. The zero-order valence-corrected chi connectivity index (χ0v) is 16.7. The molecule has 0 amide bonds. The van der Waals surface area contributed by atoms with Crippen LogP contribution in [0, 0.1) is 0 Å². The van der Waals surface area contributed by atoms with Crippen molar-refractivity contribution in [2.75, 3.05) is 0 Å². The Bertz CT molecular complexity index is 1620. The van der Waals surface area contributed by atoms with E-state index in [1.807, 2.05) is 58.9 Å². The number of aryl methyl sites for hydroxylation is 1. The van der Waals surface area contributed by atoms with Crippen molar-refractivity contribution in [1.82, 2.24) is 39.3 Å². The van der Waals surface area contributed by atoms with Gasteiger partial charge in [-0.15, -0.1) is 0 Å². The van der Waals surface area contributed by atoms with Crippen LogP contribution in [0.15, 0.2) is 66.0 Å². The zero-order valence-electron chi connectivity index (χ0n) is 16.7. The van der Waals surface area contributed by atoms with Gasteiger partial charge in [0.05, 0.1) is 36.7 Å². The standard InChI is InChI=1S/C22H18N8O/c1-28-20-18(16-7-6-15(26-21(16)28)13-29-9-3-8-24-29)11-25-30(22(20)31)12-14-4-2-5-19-17(14)10-23-27-19/h2-11H,12-13H2,1H3,(H,23,27). The average molecular weight is 410 g/mol. The van der Waals surface area contributed by atoms with E-state index >= 15 is 0 Å². The van der Waals surface area contributed by atoms with Crippen LogP contribution in [0.3, 0.4) is 0 Å². The number of hydrogen-bond acceptors (Lipinski definition) is 5. The third-order valence-electron chi connectivity index (χ3n) is 5.67. The topological polar surface area (TPSA) is 99.2 Å². The van der Waals surface area contributed by atoms with Crippen LogP contribution in [-0.4, -0.2) is 39.3 Å². The van der Waals surface area contributed by atoms with Gasteiger partial charge in [0.1, 0.15) is 11.2 Å². The van der Waals surface area contributed by atoms with Gasteiger partial charge >= 0.3 is 0 Å². The monoisotopic (exact) mass is 410 g/mol. The summed E-state index contributed by atoms with van der Waals surface area (Å²) in [6.45, 7) is 0.937. The Labute approximate surface area is 175 Å². The van der Waals surface area contributed by atoms with Crippen molar-refractivity contribution in [1.29, 1.82) is 0 Å². The summed E-state index contributed by atoms with van der Waals surface area (Å²) in [5.74, 6) is 0. The molecule has 6 rings (SSSR count). The van der Waals surface area contributed by atoms with E-state index < -0.39 is 0 Å². The molecule has 0 atom stereocenters. The summed E-state index contributed by atoms with van der Waals surface area (Å²) in [4.78, 5) is 18.1. The number of fused-ring (bicyclic) bond motifs is 4. The molecule has 0 unspecified atom stereocenters. The van der Waals surface area contributed by atoms with E-state index in [-0.39, 0.29) is 5.56 Å². The van der Waals surface area contributed by atoms with Crippen molar-refractivity contribution < 1.29 is 0 Å². The summed E-state index contributed by atoms with van der Waals surface area (Å²) in [5, 5.41) is 18.5. The lowest BCUT2D eigenvalue weighted by Crippen LogP contribution is -2.24. The minimum absolute atomic E-state index is 0.146. The molecular weight excluding hydrogens is 392 g/mol. The molecular formula is C22H18N8O. The van der Waals surface area contributed by atoms with Gasteiger partial charge in [-0.25, -0.2) is 9.67 Å². The predicted octanol–water partition coefficient (Wildman–Crippen LogP) is 2.45. The number of aromatic amines is 1. The first-order valence-electron chi connectivity index (χ1n) is 9.91. The largest absolute Gasteiger partial charge is 0.324 e. The lowest BCUT2D eigenvalue weighted by Gasteiger charge is -2.06. The van der Waals surface area contributed by atoms with E-state index in [1.165, 1.54) is 4.68 Å². The van der Waals surface area contributed by atoms with Crippen LogP contribution in [0.1, 0.15) is 11.3 Å². The molecule has 6 aromatic rings. The van der Waals surface area contributed by atoms with Crippen LogP contribution in [0.2, 0.25) is 0 Å². The molecule has 0 fully saturated rings. The van der Waals surface area contributed by atoms with Gasteiger partial charge in [0.2, 0.25) is 0 Å². The normalized spacial score (nSPS) is 11.8. The van der Waals surface area contributed by atoms with Crippen LogP contribution in [-0.2, 0) is 20.1 Å². The van der Waals surface area contributed by atoms with Crippen molar-refractivity contribution in [3.05, 3.63) is 82.8 Å². The number of nitrogens with one attached hydrogen (secondary N) is 1. The Morgan fingerprint density at radius 3 is 2.77 bits per heavy atom. The highest BCUT2D eigenvalue weighted by atomic mass is 16.1. The van der Waals surface area contributed by atoms with E-state index in [0.29, 0.717) is 18.6 Å². The fraction of sp³-hybridized carbons (Fsp3) is 0.136. The van der Waals surface area contributed by atoms with Crippen molar-refractivity contribution in [2.24, 2.45) is 7.05 Å². The summed E-state index contributed by atoms with van der Waals surface area (Å²) < 4.78 is 5.17. The van der Waals surface area contributed by atoms with Crippen LogP contribution in [0.5, 0.6) is 0 Å². The van der Waals surface area contributed by atoms with E-state index in [4.69, 9.17) is 4.98 Å². The molecule has 5 aromatic heterocycles. The van der Waals surface area contributed by atoms with Crippen LogP contribution >= 0.6 is 0 Å². The maximum Gasteiger partial charge on any atom is 0.291 e. The highest BCUT2D eigenvalue weighted by Gasteiger charge is 2.16. The summed E-state index contributed by atoms with van der Waals surface area (Å²) >= 11 is 0. The van der Waals surface area contributed by atoms with Gasteiger partial charge in [0.15, 0.2) is 0 Å². The number of H-pyrrole nitrogens is 1. The molecule has 1 N–H and O–H groups in total. The van der Waals surface area contributed by atoms with Crippen molar-refractivity contribution in [3.8, 4) is 0 Å². The molecule has 0 radical (unpaired) electrons. The summed E-state index contributed by atoms with van der Waals surface area (Å²) in [5.41, 5.74) is 4.00. The molecule has 9 heteroatoms. The first-order chi connectivity index (χ1) is 15.2. The van der Waals surface area contributed by atoms with Crippen LogP contribution in [0.4, 0.5) is 0 Å². The van der Waals surface area contributed by atoms with E-state index in [9.17, 15) is 4.79 Å². The van der Waals surface area contributed by atoms with Gasteiger partial charge in [-0.2, -0.15) is 15.3 Å². The molecule has 0 saturated heterocycles. The third-order valence-corrected chi connectivity index (χ3v) is 5.67. The summed E-state index contributed by atoms with van der Waals surface area (Å²) in [6, 6.07) is 11.7. The first-order valence-corrected chi connectivity index (χ1v) is 9.91. The Balaban J connectivity index is 1.47. The molecule has 0 saturated carbocycles. The van der Waals surface area contributed by atoms with Gasteiger partial charge < -0.3 is 4.57 Å². The highest BCUT2D eigenvalue weighted by Crippen LogP contribution is 2.25. The minimum Gasteiger partial charge on any atom is -0.324 e. The molecule has 0 aliphatic heterocycles. The first kappa shape index (κ1) is 17.6. The van der Waals surface area contributed by atoms with Crippen molar-refractivity contribution in [2.45, 2.75) is 13.1 Å². The van der Waals surface area contributed by atoms with Crippen LogP contribution < -0.4 is 5.56 Å². The second-order valence-electron chi connectivity index (χ2n) is 7.55. The van der Waals surface area contributed by atoms with Crippen molar-refractivity contribution in [3.63, 3.8) is 0 Å². The van der Waals surface area contributed by atoms with Gasteiger partial charge in [0, 0.05) is 35.6 Å². The molecule has 0 aliphatic carbocycles. The lowest BCUT2D eigenvalue weighted by molar-refractivity contribution is 0.646. The molecule has 0 bridgehead atoms. The summed E-state index contributed by atoms with van der Waals surface area (Å²) in [7, 11) is 1.87. The summed E-state index contributed by atoms with van der Waals surface area (Å²) in [6.07, 6.45) is 7.17. The zero-order chi connectivity index (χ0) is 20.9. The smallest absolute Gasteiger partial charge is 0.291 e. The van der Waals surface area contributed by atoms with Gasteiger partial charge in [0.25, 0.3) is 5.56 Å². The maximum atomic E-state index is 13.4. The quantitative estimate of drug-likeness (QED) is 0.481. The molecule has 0 spiro atoms. The fourth-order valence-corrected chi connectivity index (χ4v) is 4.15. The van der Waals surface area contributed by atoms with E-state index in [2.05, 4.69) is 20.4 Å². The number of pyridine rings is 1. The minimum atomic E-state index is -0.146. The SMILES string of the molecule is Cn1c2nc(Cn3cccn3)ccc2c2cnn(Cc3cccc4[nH]ncc34)c(=O)c21. The fourth-order valence-electron chi connectivity index (χ4n) is 4.15. The van der Waals surface area contributed by atoms with Gasteiger partial charge in [-0.3, -0.25) is 14.6 Å². The van der Waals surface area contributed by atoms with Gasteiger partial charge in [-0.1, -0.05) is 12.1 Å². The Morgan fingerprint density at radius 2 is 1.90 bits per heavy atom.